The predicted molar refractivity (Wildman–Crippen MR) is 89.0 cm³/mol. The topological polar surface area (TPSA) is 21.3 Å². The molecule has 0 saturated carbocycles. The highest BCUT2D eigenvalue weighted by atomic mass is 35.5. The maximum atomic E-state index is 6.17. The lowest BCUT2D eigenvalue weighted by atomic mass is 10.1. The minimum absolute atomic E-state index is 0.0292. The molecule has 0 aliphatic rings. The Bertz CT molecular complexity index is 557. The molecule has 0 heterocycles. The van der Waals surface area contributed by atoms with Gasteiger partial charge in [0, 0.05) is 16.6 Å². The van der Waals surface area contributed by atoms with Gasteiger partial charge in [0.05, 0.1) is 12.7 Å². The van der Waals surface area contributed by atoms with E-state index in [4.69, 9.17) is 27.9 Å². The number of likely N-dealkylation sites (N-methyl/N-ethyl adjacent to an activating group) is 1. The highest BCUT2D eigenvalue weighted by Gasteiger charge is 2.12. The summed E-state index contributed by atoms with van der Waals surface area (Å²) in [6.07, 6.45) is -0.0292. The van der Waals surface area contributed by atoms with Crippen molar-refractivity contribution in [1.82, 2.24) is 5.32 Å². The van der Waals surface area contributed by atoms with Gasteiger partial charge in [0.25, 0.3) is 0 Å². The van der Waals surface area contributed by atoms with Crippen LogP contribution in [0, 0.1) is 0 Å². The van der Waals surface area contributed by atoms with E-state index in [1.807, 2.05) is 48.5 Å². The summed E-state index contributed by atoms with van der Waals surface area (Å²) in [4.78, 5) is 0. The van der Waals surface area contributed by atoms with Crippen LogP contribution in [0.5, 0.6) is 0 Å². The molecule has 0 saturated heterocycles. The Kier molecular flexibility index (Phi) is 6.52. The van der Waals surface area contributed by atoms with Crippen LogP contribution < -0.4 is 5.32 Å². The second kappa shape index (κ2) is 8.40. The first-order valence-corrected chi connectivity index (χ1v) is 7.77. The number of ether oxygens (including phenoxy) is 1. The maximum absolute atomic E-state index is 6.17. The Balaban J connectivity index is 2.06. The van der Waals surface area contributed by atoms with Crippen LogP contribution in [0.2, 0.25) is 10.0 Å². The summed E-state index contributed by atoms with van der Waals surface area (Å²) in [5.74, 6) is 0. The summed E-state index contributed by atoms with van der Waals surface area (Å²) in [5.41, 5.74) is 2.10. The summed E-state index contributed by atoms with van der Waals surface area (Å²) < 4.78 is 6.05. The summed E-state index contributed by atoms with van der Waals surface area (Å²) in [7, 11) is 0. The molecule has 0 spiro atoms. The molecule has 2 nitrogen and oxygen atoms in total. The molecule has 0 aliphatic carbocycles. The lowest BCUT2D eigenvalue weighted by Gasteiger charge is -2.19. The van der Waals surface area contributed by atoms with Crippen LogP contribution in [0.1, 0.15) is 24.2 Å². The molecule has 21 heavy (non-hydrogen) atoms. The Labute approximate surface area is 136 Å². The van der Waals surface area contributed by atoms with E-state index in [-0.39, 0.29) is 6.10 Å². The van der Waals surface area contributed by atoms with E-state index >= 15 is 0 Å². The van der Waals surface area contributed by atoms with Crippen LogP contribution in [0.3, 0.4) is 0 Å². The number of hydrogen-bond donors (Lipinski definition) is 1. The monoisotopic (exact) mass is 323 g/mol. The highest BCUT2D eigenvalue weighted by molar-refractivity contribution is 6.31. The minimum Gasteiger partial charge on any atom is -0.367 e. The molecule has 0 fully saturated rings. The van der Waals surface area contributed by atoms with Crippen molar-refractivity contribution in [2.45, 2.75) is 19.6 Å². The molecule has 1 atom stereocenters. The summed E-state index contributed by atoms with van der Waals surface area (Å²) in [6, 6.07) is 15.5. The molecule has 0 aliphatic heterocycles. The van der Waals surface area contributed by atoms with Gasteiger partial charge < -0.3 is 10.1 Å². The first-order chi connectivity index (χ1) is 10.2. The van der Waals surface area contributed by atoms with Crippen molar-refractivity contribution in [3.05, 3.63) is 69.7 Å². The quantitative estimate of drug-likeness (QED) is 0.785. The second-order valence-corrected chi connectivity index (χ2v) is 5.59. The molecular weight excluding hydrogens is 305 g/mol. The fourth-order valence-electron chi connectivity index (χ4n) is 2.03. The lowest BCUT2D eigenvalue weighted by molar-refractivity contribution is 0.0402. The predicted octanol–water partition coefficient (Wildman–Crippen LogP) is 4.86. The van der Waals surface area contributed by atoms with Crippen LogP contribution in [0.25, 0.3) is 0 Å². The molecule has 0 radical (unpaired) electrons. The third kappa shape index (κ3) is 5.01. The Morgan fingerprint density at radius 1 is 1.05 bits per heavy atom. The van der Waals surface area contributed by atoms with Gasteiger partial charge in [0.15, 0.2) is 0 Å². The van der Waals surface area contributed by atoms with Gasteiger partial charge in [-0.2, -0.15) is 0 Å². The Hall–Kier alpha value is -1.06. The van der Waals surface area contributed by atoms with E-state index in [0.29, 0.717) is 6.61 Å². The van der Waals surface area contributed by atoms with E-state index < -0.39 is 0 Å². The fourth-order valence-corrected chi connectivity index (χ4v) is 2.35. The van der Waals surface area contributed by atoms with Crippen LogP contribution in [-0.4, -0.2) is 13.1 Å². The van der Waals surface area contributed by atoms with Crippen molar-refractivity contribution < 1.29 is 4.74 Å². The van der Waals surface area contributed by atoms with Gasteiger partial charge in [0.2, 0.25) is 0 Å². The molecule has 1 unspecified atom stereocenters. The van der Waals surface area contributed by atoms with Gasteiger partial charge in [-0.05, 0) is 35.9 Å². The zero-order valence-corrected chi connectivity index (χ0v) is 13.5. The number of nitrogens with one attached hydrogen (secondary N) is 1. The molecular formula is C17H19Cl2NO. The third-order valence-electron chi connectivity index (χ3n) is 3.22. The van der Waals surface area contributed by atoms with Crippen LogP contribution in [-0.2, 0) is 11.3 Å². The Morgan fingerprint density at radius 3 is 2.43 bits per heavy atom. The molecule has 2 aromatic carbocycles. The molecule has 2 aromatic rings. The first-order valence-electron chi connectivity index (χ1n) is 7.02. The third-order valence-corrected chi connectivity index (χ3v) is 3.84. The van der Waals surface area contributed by atoms with Gasteiger partial charge in [-0.3, -0.25) is 0 Å². The average molecular weight is 324 g/mol. The number of halogens is 2. The molecule has 2 rings (SSSR count). The van der Waals surface area contributed by atoms with Crippen LogP contribution in [0.4, 0.5) is 0 Å². The van der Waals surface area contributed by atoms with Crippen molar-refractivity contribution in [2.75, 3.05) is 13.1 Å². The van der Waals surface area contributed by atoms with E-state index in [2.05, 4.69) is 12.2 Å². The van der Waals surface area contributed by atoms with Gasteiger partial charge >= 0.3 is 0 Å². The van der Waals surface area contributed by atoms with Crippen molar-refractivity contribution in [3.63, 3.8) is 0 Å². The summed E-state index contributed by atoms with van der Waals surface area (Å²) >= 11 is 12.1. The van der Waals surface area contributed by atoms with E-state index in [1.165, 1.54) is 0 Å². The molecule has 112 valence electrons. The first kappa shape index (κ1) is 16.3. The summed E-state index contributed by atoms with van der Waals surface area (Å²) in [6.45, 7) is 4.22. The molecule has 0 bridgehead atoms. The zero-order valence-electron chi connectivity index (χ0n) is 12.0. The largest absolute Gasteiger partial charge is 0.367 e. The minimum atomic E-state index is -0.0292. The van der Waals surface area contributed by atoms with Crippen molar-refractivity contribution in [2.24, 2.45) is 0 Å². The molecule has 0 amide bonds. The van der Waals surface area contributed by atoms with Crippen LogP contribution in [0.15, 0.2) is 48.5 Å². The number of hydrogen-bond acceptors (Lipinski definition) is 2. The average Bonchev–Trinajstić information content (AvgIpc) is 2.50. The fraction of sp³-hybridized carbons (Fsp3) is 0.294. The molecule has 0 aromatic heterocycles. The number of rotatable bonds is 7. The van der Waals surface area contributed by atoms with Gasteiger partial charge in [-0.1, -0.05) is 60.5 Å². The summed E-state index contributed by atoms with van der Waals surface area (Å²) in [5, 5.41) is 4.78. The van der Waals surface area contributed by atoms with Crippen LogP contribution >= 0.6 is 23.2 Å². The van der Waals surface area contributed by atoms with Gasteiger partial charge in [0.1, 0.15) is 0 Å². The standard InChI is InChI=1S/C17H19Cl2NO/c1-2-20-11-17(13-7-9-15(18)10-8-13)21-12-14-5-3-4-6-16(14)19/h3-10,17,20H,2,11-12H2,1H3. The normalized spacial score (nSPS) is 12.3. The molecule has 4 heteroatoms. The van der Waals surface area contributed by atoms with Crippen molar-refractivity contribution >= 4 is 23.2 Å². The van der Waals surface area contributed by atoms with E-state index in [9.17, 15) is 0 Å². The van der Waals surface area contributed by atoms with E-state index in [1.54, 1.807) is 0 Å². The number of benzene rings is 2. The Morgan fingerprint density at radius 2 is 1.76 bits per heavy atom. The van der Waals surface area contributed by atoms with Crippen molar-refractivity contribution in [3.8, 4) is 0 Å². The van der Waals surface area contributed by atoms with Gasteiger partial charge in [-0.15, -0.1) is 0 Å². The van der Waals surface area contributed by atoms with Crippen molar-refractivity contribution in [1.29, 1.82) is 0 Å². The second-order valence-electron chi connectivity index (χ2n) is 4.75. The highest BCUT2D eigenvalue weighted by Crippen LogP contribution is 2.23. The molecule has 1 N–H and O–H groups in total. The zero-order chi connectivity index (χ0) is 15.1. The smallest absolute Gasteiger partial charge is 0.0953 e. The maximum Gasteiger partial charge on any atom is 0.0953 e. The lowest BCUT2D eigenvalue weighted by Crippen LogP contribution is -2.23. The SMILES string of the molecule is CCNCC(OCc1ccccc1Cl)c1ccc(Cl)cc1. The van der Waals surface area contributed by atoms with Gasteiger partial charge in [-0.25, -0.2) is 0 Å². The van der Waals surface area contributed by atoms with E-state index in [0.717, 1.165) is 34.3 Å².